The molecule has 88 valence electrons. The molecular weight excluding hydrogens is 226 g/mol. The number of rotatable bonds is 5. The Kier molecular flexibility index (Phi) is 3.79. The normalized spacial score (nSPS) is 16.5. The first-order valence-corrected chi connectivity index (χ1v) is 6.30. The van der Waals surface area contributed by atoms with Gasteiger partial charge in [0.05, 0.1) is 0 Å². The Hall–Kier alpha value is -1.07. The number of carboxylic acids is 1. The molecule has 0 amide bonds. The maximum Gasteiger partial charge on any atom is 0.346 e. The van der Waals surface area contributed by atoms with Gasteiger partial charge in [-0.3, -0.25) is 4.90 Å². The van der Waals surface area contributed by atoms with E-state index in [4.69, 9.17) is 9.84 Å². The molecule has 0 aliphatic carbocycles. The summed E-state index contributed by atoms with van der Waals surface area (Å²) < 4.78 is 5.50. The van der Waals surface area contributed by atoms with Crippen molar-refractivity contribution in [2.75, 3.05) is 26.2 Å². The third-order valence-corrected chi connectivity index (χ3v) is 3.56. The molecule has 1 aromatic rings. The van der Waals surface area contributed by atoms with Crippen LogP contribution in [0.2, 0.25) is 0 Å². The van der Waals surface area contributed by atoms with Crippen molar-refractivity contribution in [2.45, 2.75) is 12.8 Å². The van der Waals surface area contributed by atoms with E-state index in [9.17, 15) is 4.79 Å². The van der Waals surface area contributed by atoms with Gasteiger partial charge in [-0.15, -0.1) is 11.3 Å². The molecule has 1 aliphatic rings. The lowest BCUT2D eigenvalue weighted by Crippen LogP contribution is -2.24. The van der Waals surface area contributed by atoms with Gasteiger partial charge in [0.15, 0.2) is 0 Å². The van der Waals surface area contributed by atoms with Crippen LogP contribution in [-0.2, 0) is 0 Å². The van der Waals surface area contributed by atoms with Crippen LogP contribution >= 0.6 is 11.3 Å². The van der Waals surface area contributed by atoms with Crippen molar-refractivity contribution in [1.82, 2.24) is 4.90 Å². The van der Waals surface area contributed by atoms with Gasteiger partial charge in [0.1, 0.15) is 17.2 Å². The van der Waals surface area contributed by atoms with E-state index in [1.54, 1.807) is 11.4 Å². The molecule has 16 heavy (non-hydrogen) atoms. The highest BCUT2D eigenvalue weighted by Crippen LogP contribution is 2.21. The third-order valence-electron chi connectivity index (χ3n) is 2.66. The van der Waals surface area contributed by atoms with Crippen LogP contribution in [0.3, 0.4) is 0 Å². The Morgan fingerprint density at radius 1 is 1.50 bits per heavy atom. The van der Waals surface area contributed by atoms with E-state index >= 15 is 0 Å². The molecule has 2 heterocycles. The summed E-state index contributed by atoms with van der Waals surface area (Å²) in [6.45, 7) is 3.88. The summed E-state index contributed by atoms with van der Waals surface area (Å²) in [4.78, 5) is 13.3. The molecule has 5 heteroatoms. The minimum absolute atomic E-state index is 0.330. The van der Waals surface area contributed by atoms with Gasteiger partial charge in [-0.25, -0.2) is 4.79 Å². The molecule has 0 radical (unpaired) electrons. The van der Waals surface area contributed by atoms with Crippen LogP contribution in [0, 0.1) is 0 Å². The first-order valence-electron chi connectivity index (χ1n) is 5.43. The lowest BCUT2D eigenvalue weighted by molar-refractivity contribution is 0.0702. The molecule has 0 spiro atoms. The van der Waals surface area contributed by atoms with Crippen molar-refractivity contribution < 1.29 is 14.6 Å². The van der Waals surface area contributed by atoms with Gasteiger partial charge in [-0.05, 0) is 25.9 Å². The Morgan fingerprint density at radius 3 is 2.88 bits per heavy atom. The van der Waals surface area contributed by atoms with Crippen LogP contribution in [0.25, 0.3) is 0 Å². The number of ether oxygens (including phenoxy) is 1. The van der Waals surface area contributed by atoms with Crippen molar-refractivity contribution in [3.8, 4) is 5.75 Å². The number of carbonyl (C=O) groups is 1. The largest absolute Gasteiger partial charge is 0.491 e. The van der Waals surface area contributed by atoms with Gasteiger partial charge in [0.25, 0.3) is 0 Å². The van der Waals surface area contributed by atoms with Gasteiger partial charge in [0, 0.05) is 18.0 Å². The van der Waals surface area contributed by atoms with Crippen LogP contribution in [0.1, 0.15) is 22.5 Å². The topological polar surface area (TPSA) is 49.8 Å². The minimum Gasteiger partial charge on any atom is -0.491 e. The fourth-order valence-corrected chi connectivity index (χ4v) is 2.47. The fraction of sp³-hybridized carbons (Fsp3) is 0.545. The molecule has 1 aromatic heterocycles. The maximum atomic E-state index is 10.6. The number of aromatic carboxylic acids is 1. The van der Waals surface area contributed by atoms with E-state index in [-0.39, 0.29) is 0 Å². The van der Waals surface area contributed by atoms with E-state index in [0.29, 0.717) is 17.2 Å². The lowest BCUT2D eigenvalue weighted by Gasteiger charge is -2.14. The molecule has 1 fully saturated rings. The zero-order chi connectivity index (χ0) is 11.4. The molecule has 0 atom stereocenters. The summed E-state index contributed by atoms with van der Waals surface area (Å²) in [6.07, 6.45) is 2.56. The summed E-state index contributed by atoms with van der Waals surface area (Å²) in [5, 5.41) is 10.5. The molecule has 0 aromatic carbocycles. The second-order valence-corrected chi connectivity index (χ2v) is 4.76. The van der Waals surface area contributed by atoms with Gasteiger partial charge in [-0.1, -0.05) is 0 Å². The maximum absolute atomic E-state index is 10.6. The first kappa shape index (κ1) is 11.4. The zero-order valence-corrected chi connectivity index (χ0v) is 9.83. The molecule has 2 rings (SSSR count). The van der Waals surface area contributed by atoms with Gasteiger partial charge < -0.3 is 9.84 Å². The first-order chi connectivity index (χ1) is 7.75. The van der Waals surface area contributed by atoms with Crippen LogP contribution in [0.15, 0.2) is 11.4 Å². The highest BCUT2D eigenvalue weighted by Gasteiger charge is 2.11. The number of likely N-dealkylation sites (tertiary alicyclic amines) is 1. The van der Waals surface area contributed by atoms with E-state index in [0.717, 1.165) is 19.6 Å². The molecule has 1 N–H and O–H groups in total. The molecule has 1 aliphatic heterocycles. The average molecular weight is 241 g/mol. The SMILES string of the molecule is O=C(O)c1cc(OCCN2CCCC2)cs1. The Labute approximate surface area is 98.4 Å². The summed E-state index contributed by atoms with van der Waals surface area (Å²) in [5.41, 5.74) is 0. The number of thiophene rings is 1. The van der Waals surface area contributed by atoms with E-state index in [2.05, 4.69) is 4.90 Å². The minimum atomic E-state index is -0.889. The lowest BCUT2D eigenvalue weighted by atomic mass is 10.4. The second-order valence-electron chi connectivity index (χ2n) is 3.85. The van der Waals surface area contributed by atoms with Gasteiger partial charge in [0.2, 0.25) is 0 Å². The van der Waals surface area contributed by atoms with Crippen molar-refractivity contribution >= 4 is 17.3 Å². The summed E-state index contributed by atoms with van der Waals surface area (Å²) in [7, 11) is 0. The zero-order valence-electron chi connectivity index (χ0n) is 9.02. The quantitative estimate of drug-likeness (QED) is 0.855. The highest BCUT2D eigenvalue weighted by atomic mass is 32.1. The Morgan fingerprint density at radius 2 is 2.25 bits per heavy atom. The van der Waals surface area contributed by atoms with Gasteiger partial charge >= 0.3 is 5.97 Å². The van der Waals surface area contributed by atoms with Crippen LogP contribution in [-0.4, -0.2) is 42.2 Å². The standard InChI is InChI=1S/C11H15NO3S/c13-11(14)10-7-9(8-16-10)15-6-5-12-3-1-2-4-12/h7-8H,1-6H2,(H,13,14). The van der Waals surface area contributed by atoms with Crippen molar-refractivity contribution in [3.05, 3.63) is 16.3 Å². The number of nitrogens with zero attached hydrogens (tertiary/aromatic N) is 1. The van der Waals surface area contributed by atoms with Crippen LogP contribution < -0.4 is 4.74 Å². The Balaban J connectivity index is 1.74. The van der Waals surface area contributed by atoms with E-state index < -0.39 is 5.97 Å². The van der Waals surface area contributed by atoms with E-state index in [1.165, 1.54) is 24.2 Å². The number of hydrogen-bond donors (Lipinski definition) is 1. The average Bonchev–Trinajstić information content (AvgIpc) is 2.87. The van der Waals surface area contributed by atoms with Crippen LogP contribution in [0.4, 0.5) is 0 Å². The fourth-order valence-electron chi connectivity index (χ4n) is 1.81. The van der Waals surface area contributed by atoms with Crippen molar-refractivity contribution in [3.63, 3.8) is 0 Å². The molecule has 4 nitrogen and oxygen atoms in total. The monoisotopic (exact) mass is 241 g/mol. The highest BCUT2D eigenvalue weighted by molar-refractivity contribution is 7.12. The Bertz CT molecular complexity index is 358. The smallest absolute Gasteiger partial charge is 0.346 e. The number of hydrogen-bond acceptors (Lipinski definition) is 4. The second kappa shape index (κ2) is 5.32. The van der Waals surface area contributed by atoms with Crippen LogP contribution in [0.5, 0.6) is 5.75 Å². The van der Waals surface area contributed by atoms with E-state index in [1.807, 2.05) is 0 Å². The predicted molar refractivity (Wildman–Crippen MR) is 62.4 cm³/mol. The molecule has 0 unspecified atom stereocenters. The molecular formula is C11H15NO3S. The third kappa shape index (κ3) is 2.96. The summed E-state index contributed by atoms with van der Waals surface area (Å²) in [5.74, 6) is -0.221. The van der Waals surface area contributed by atoms with Crippen molar-refractivity contribution in [2.24, 2.45) is 0 Å². The molecule has 0 bridgehead atoms. The molecule has 0 saturated carbocycles. The van der Waals surface area contributed by atoms with Crippen molar-refractivity contribution in [1.29, 1.82) is 0 Å². The van der Waals surface area contributed by atoms with Gasteiger partial charge in [-0.2, -0.15) is 0 Å². The summed E-state index contributed by atoms with van der Waals surface area (Å²) in [6, 6.07) is 1.58. The number of carboxylic acid groups (broad SMARTS) is 1. The predicted octanol–water partition coefficient (Wildman–Crippen LogP) is 1.92. The molecule has 1 saturated heterocycles. The summed E-state index contributed by atoms with van der Waals surface area (Å²) >= 11 is 1.20.